The van der Waals surface area contributed by atoms with Crippen LogP contribution in [0.15, 0.2) is 18.2 Å². The van der Waals surface area contributed by atoms with Gasteiger partial charge in [0.15, 0.2) is 6.61 Å². The minimum atomic E-state index is -0.0982. The lowest BCUT2D eigenvalue weighted by Gasteiger charge is -2.19. The van der Waals surface area contributed by atoms with Gasteiger partial charge in [-0.25, -0.2) is 0 Å². The first kappa shape index (κ1) is 13.2. The summed E-state index contributed by atoms with van der Waals surface area (Å²) in [5.74, 6) is 1.29. The summed E-state index contributed by atoms with van der Waals surface area (Å²) in [4.78, 5) is 13.4. The lowest BCUT2D eigenvalue weighted by atomic mass is 10.1. The molecule has 0 radical (unpaired) electrons. The number of rotatable bonds is 5. The van der Waals surface area contributed by atoms with E-state index in [2.05, 4.69) is 10.2 Å². The Labute approximate surface area is 112 Å². The van der Waals surface area contributed by atoms with E-state index in [0.717, 1.165) is 30.9 Å². The van der Waals surface area contributed by atoms with Crippen LogP contribution in [0.4, 0.5) is 5.69 Å². The third kappa shape index (κ3) is 3.37. The SMILES string of the molecule is CN(CCCl)CCc1ccc2c(c1)NC(=O)CO2. The van der Waals surface area contributed by atoms with Crippen LogP contribution in [0.3, 0.4) is 0 Å². The molecule has 1 amide bonds. The Kier molecular flexibility index (Phi) is 4.44. The monoisotopic (exact) mass is 268 g/mol. The number of fused-ring (bicyclic) bond motifs is 1. The first-order valence-corrected chi connectivity index (χ1v) is 6.52. The number of alkyl halides is 1. The van der Waals surface area contributed by atoms with Gasteiger partial charge in [-0.15, -0.1) is 11.6 Å². The molecule has 5 heteroatoms. The molecule has 0 unspecified atom stereocenters. The van der Waals surface area contributed by atoms with Gasteiger partial charge in [0.2, 0.25) is 0 Å². The average molecular weight is 269 g/mol. The maximum absolute atomic E-state index is 11.2. The number of hydrogen-bond acceptors (Lipinski definition) is 3. The van der Waals surface area contributed by atoms with Crippen molar-refractivity contribution in [3.63, 3.8) is 0 Å². The largest absolute Gasteiger partial charge is 0.482 e. The molecule has 0 bridgehead atoms. The standard InChI is InChI=1S/C13H17ClN2O2/c1-16(7-5-14)6-4-10-2-3-12-11(8-10)15-13(17)9-18-12/h2-3,8H,4-7,9H2,1H3,(H,15,17). The van der Waals surface area contributed by atoms with Crippen molar-refractivity contribution in [2.75, 3.05) is 37.9 Å². The summed E-state index contributed by atoms with van der Waals surface area (Å²) >= 11 is 5.68. The molecule has 0 fully saturated rings. The van der Waals surface area contributed by atoms with Crippen molar-refractivity contribution >= 4 is 23.2 Å². The van der Waals surface area contributed by atoms with Crippen molar-refractivity contribution in [1.82, 2.24) is 4.90 Å². The second-order valence-corrected chi connectivity index (χ2v) is 4.79. The van der Waals surface area contributed by atoms with Gasteiger partial charge in [-0.1, -0.05) is 6.07 Å². The number of halogens is 1. The van der Waals surface area contributed by atoms with Crippen LogP contribution in [0.5, 0.6) is 5.75 Å². The van der Waals surface area contributed by atoms with E-state index in [9.17, 15) is 4.79 Å². The van der Waals surface area contributed by atoms with E-state index in [0.29, 0.717) is 5.88 Å². The van der Waals surface area contributed by atoms with Crippen LogP contribution in [0.25, 0.3) is 0 Å². The number of nitrogens with one attached hydrogen (secondary N) is 1. The lowest BCUT2D eigenvalue weighted by Crippen LogP contribution is -2.26. The van der Waals surface area contributed by atoms with Crippen LogP contribution in [0.2, 0.25) is 0 Å². The van der Waals surface area contributed by atoms with E-state index >= 15 is 0 Å². The number of likely N-dealkylation sites (N-methyl/N-ethyl adjacent to an activating group) is 1. The van der Waals surface area contributed by atoms with Crippen molar-refractivity contribution in [2.45, 2.75) is 6.42 Å². The molecule has 1 aromatic rings. The third-order valence-corrected chi connectivity index (χ3v) is 3.09. The van der Waals surface area contributed by atoms with Gasteiger partial charge in [-0.3, -0.25) is 4.79 Å². The summed E-state index contributed by atoms with van der Waals surface area (Å²) in [6, 6.07) is 5.91. The quantitative estimate of drug-likeness (QED) is 0.827. The summed E-state index contributed by atoms with van der Waals surface area (Å²) in [7, 11) is 2.05. The normalized spacial score (nSPS) is 14.1. The van der Waals surface area contributed by atoms with Crippen LogP contribution in [-0.2, 0) is 11.2 Å². The maximum atomic E-state index is 11.2. The summed E-state index contributed by atoms with van der Waals surface area (Å²) in [5, 5.41) is 2.81. The van der Waals surface area contributed by atoms with Crippen molar-refractivity contribution in [3.8, 4) is 5.75 Å². The minimum Gasteiger partial charge on any atom is -0.482 e. The van der Waals surface area contributed by atoms with Crippen LogP contribution >= 0.6 is 11.6 Å². The number of nitrogens with zero attached hydrogens (tertiary/aromatic N) is 1. The molecule has 0 spiro atoms. The summed E-state index contributed by atoms with van der Waals surface area (Å²) < 4.78 is 5.31. The molecule has 18 heavy (non-hydrogen) atoms. The first-order valence-electron chi connectivity index (χ1n) is 5.99. The number of carbonyl (C=O) groups is 1. The van der Waals surface area contributed by atoms with Gasteiger partial charge in [0.1, 0.15) is 5.75 Å². The molecule has 4 nitrogen and oxygen atoms in total. The van der Waals surface area contributed by atoms with E-state index in [1.54, 1.807) is 0 Å². The Morgan fingerprint density at radius 1 is 1.44 bits per heavy atom. The highest BCUT2D eigenvalue weighted by Crippen LogP contribution is 2.28. The van der Waals surface area contributed by atoms with Crippen molar-refractivity contribution in [2.24, 2.45) is 0 Å². The van der Waals surface area contributed by atoms with Crippen molar-refractivity contribution < 1.29 is 9.53 Å². The molecule has 1 N–H and O–H groups in total. The Bertz CT molecular complexity index is 437. The fraction of sp³-hybridized carbons (Fsp3) is 0.462. The molecule has 2 rings (SSSR count). The number of benzene rings is 1. The van der Waals surface area contributed by atoms with Gasteiger partial charge < -0.3 is 15.0 Å². The zero-order valence-corrected chi connectivity index (χ0v) is 11.2. The summed E-state index contributed by atoms with van der Waals surface area (Å²) in [5.41, 5.74) is 1.95. The number of ether oxygens (including phenoxy) is 1. The maximum Gasteiger partial charge on any atom is 0.262 e. The number of anilines is 1. The highest BCUT2D eigenvalue weighted by atomic mass is 35.5. The van der Waals surface area contributed by atoms with Gasteiger partial charge in [0, 0.05) is 19.0 Å². The fourth-order valence-corrected chi connectivity index (χ4v) is 2.15. The van der Waals surface area contributed by atoms with Gasteiger partial charge in [0.05, 0.1) is 5.69 Å². The van der Waals surface area contributed by atoms with E-state index < -0.39 is 0 Å². The molecule has 1 heterocycles. The summed E-state index contributed by atoms with van der Waals surface area (Å²) in [6.07, 6.45) is 0.927. The highest BCUT2D eigenvalue weighted by molar-refractivity contribution is 6.18. The number of carbonyl (C=O) groups excluding carboxylic acids is 1. The molecule has 0 saturated carbocycles. The summed E-state index contributed by atoms with van der Waals surface area (Å²) in [6.45, 7) is 1.93. The lowest BCUT2D eigenvalue weighted by molar-refractivity contribution is -0.118. The molecule has 1 aromatic carbocycles. The molecule has 0 atom stereocenters. The second kappa shape index (κ2) is 6.07. The number of amides is 1. The molecular weight excluding hydrogens is 252 g/mol. The smallest absolute Gasteiger partial charge is 0.262 e. The molecule has 0 aromatic heterocycles. The van der Waals surface area contributed by atoms with Crippen molar-refractivity contribution in [1.29, 1.82) is 0 Å². The number of hydrogen-bond donors (Lipinski definition) is 1. The van der Waals surface area contributed by atoms with Crippen LogP contribution < -0.4 is 10.1 Å². The van der Waals surface area contributed by atoms with Crippen molar-refractivity contribution in [3.05, 3.63) is 23.8 Å². The van der Waals surface area contributed by atoms with E-state index in [1.165, 1.54) is 5.56 Å². The second-order valence-electron chi connectivity index (χ2n) is 4.41. The molecule has 98 valence electrons. The van der Waals surface area contributed by atoms with Gasteiger partial charge >= 0.3 is 0 Å². The minimum absolute atomic E-state index is 0.0982. The molecule has 0 aliphatic carbocycles. The zero-order chi connectivity index (χ0) is 13.0. The third-order valence-electron chi connectivity index (χ3n) is 2.93. The molecule has 0 saturated heterocycles. The topological polar surface area (TPSA) is 41.6 Å². The van der Waals surface area contributed by atoms with Crippen LogP contribution in [0.1, 0.15) is 5.56 Å². The van der Waals surface area contributed by atoms with Gasteiger partial charge in [-0.2, -0.15) is 0 Å². The molecular formula is C13H17ClN2O2. The Morgan fingerprint density at radius 2 is 2.28 bits per heavy atom. The van der Waals surface area contributed by atoms with E-state index in [-0.39, 0.29) is 12.5 Å². The molecule has 1 aliphatic heterocycles. The van der Waals surface area contributed by atoms with Gasteiger partial charge in [0.25, 0.3) is 5.91 Å². The Morgan fingerprint density at radius 3 is 3.06 bits per heavy atom. The van der Waals surface area contributed by atoms with Gasteiger partial charge in [-0.05, 0) is 31.2 Å². The predicted octanol–water partition coefficient (Wildman–Crippen LogP) is 1.73. The average Bonchev–Trinajstić information content (AvgIpc) is 2.36. The zero-order valence-electron chi connectivity index (χ0n) is 10.4. The van der Waals surface area contributed by atoms with E-state index in [4.69, 9.17) is 16.3 Å². The fourth-order valence-electron chi connectivity index (χ4n) is 1.86. The van der Waals surface area contributed by atoms with Crippen LogP contribution in [-0.4, -0.2) is 43.4 Å². The van der Waals surface area contributed by atoms with Crippen LogP contribution in [0, 0.1) is 0 Å². The Balaban J connectivity index is 1.98. The van der Waals surface area contributed by atoms with E-state index in [1.807, 2.05) is 25.2 Å². The molecule has 1 aliphatic rings. The first-order chi connectivity index (χ1) is 8.69. The predicted molar refractivity (Wildman–Crippen MR) is 72.5 cm³/mol. The highest BCUT2D eigenvalue weighted by Gasteiger charge is 2.15. The Hall–Kier alpha value is -1.26.